The van der Waals surface area contributed by atoms with Crippen molar-refractivity contribution in [3.05, 3.63) is 93.5 Å². The third-order valence-electron chi connectivity index (χ3n) is 3.88. The number of ether oxygens (including phenoxy) is 1. The van der Waals surface area contributed by atoms with E-state index >= 15 is 0 Å². The second kappa shape index (κ2) is 9.20. The van der Waals surface area contributed by atoms with Gasteiger partial charge in [-0.15, -0.1) is 0 Å². The highest BCUT2D eigenvalue weighted by Crippen LogP contribution is 2.30. The number of benzene rings is 3. The number of hydrogen-bond acceptors (Lipinski definition) is 3. The Morgan fingerprint density at radius 3 is 2.48 bits per heavy atom. The summed E-state index contributed by atoms with van der Waals surface area (Å²) in [7, 11) is 0. The first kappa shape index (κ1) is 21.0. The number of para-hydroxylation sites is 1. The van der Waals surface area contributed by atoms with Gasteiger partial charge in [0, 0.05) is 5.56 Å². The number of nitrogens with one attached hydrogen (secondary N) is 1. The molecule has 0 bridgehead atoms. The lowest BCUT2D eigenvalue weighted by molar-refractivity contribution is -0.137. The van der Waals surface area contributed by atoms with Gasteiger partial charge in [-0.2, -0.15) is 18.3 Å². The van der Waals surface area contributed by atoms with Crippen molar-refractivity contribution in [1.29, 1.82) is 0 Å². The minimum absolute atomic E-state index is 0.227. The van der Waals surface area contributed by atoms with E-state index in [2.05, 4.69) is 10.5 Å². The summed E-state index contributed by atoms with van der Waals surface area (Å²) in [4.78, 5) is 0. The van der Waals surface area contributed by atoms with E-state index in [4.69, 9.17) is 27.9 Å². The van der Waals surface area contributed by atoms with Crippen LogP contribution in [0.5, 0.6) is 5.75 Å². The van der Waals surface area contributed by atoms with Gasteiger partial charge in [-0.05, 0) is 48.0 Å². The monoisotopic (exact) mass is 438 g/mol. The number of anilines is 1. The van der Waals surface area contributed by atoms with Crippen molar-refractivity contribution in [3.63, 3.8) is 0 Å². The van der Waals surface area contributed by atoms with Gasteiger partial charge in [-0.3, -0.25) is 5.43 Å². The predicted molar refractivity (Wildman–Crippen MR) is 110 cm³/mol. The van der Waals surface area contributed by atoms with Gasteiger partial charge in [0.05, 0.1) is 27.5 Å². The average molecular weight is 439 g/mol. The normalized spacial score (nSPS) is 11.6. The van der Waals surface area contributed by atoms with Crippen molar-refractivity contribution in [2.45, 2.75) is 12.8 Å². The fourth-order valence-electron chi connectivity index (χ4n) is 2.45. The first-order valence-corrected chi connectivity index (χ1v) is 9.20. The summed E-state index contributed by atoms with van der Waals surface area (Å²) in [5.41, 5.74) is 3.58. The van der Waals surface area contributed by atoms with Gasteiger partial charge in [-0.1, -0.05) is 47.5 Å². The van der Waals surface area contributed by atoms with Crippen LogP contribution in [0.25, 0.3) is 0 Å². The van der Waals surface area contributed by atoms with Crippen LogP contribution in [0.4, 0.5) is 18.9 Å². The fraction of sp³-hybridized carbons (Fsp3) is 0.0952. The molecule has 0 amide bonds. The SMILES string of the molecule is FC(F)(F)c1cccc(NN=Cc2ccccc2OCc2ccc(Cl)c(Cl)c2)c1. The number of hydrogen-bond donors (Lipinski definition) is 1. The Bertz CT molecular complexity index is 1020. The Morgan fingerprint density at radius 1 is 0.931 bits per heavy atom. The van der Waals surface area contributed by atoms with Gasteiger partial charge in [-0.25, -0.2) is 0 Å². The molecule has 0 atom stereocenters. The molecule has 0 spiro atoms. The highest BCUT2D eigenvalue weighted by atomic mass is 35.5. The Balaban J connectivity index is 1.68. The van der Waals surface area contributed by atoms with Crippen molar-refractivity contribution < 1.29 is 17.9 Å². The van der Waals surface area contributed by atoms with Crippen LogP contribution >= 0.6 is 23.2 Å². The fourth-order valence-corrected chi connectivity index (χ4v) is 2.77. The van der Waals surface area contributed by atoms with E-state index in [1.54, 1.807) is 36.4 Å². The number of rotatable bonds is 6. The standard InChI is InChI=1S/C21H15Cl2F3N2O/c22-18-9-8-14(10-19(18)23)13-29-20-7-2-1-4-15(20)12-27-28-17-6-3-5-16(11-17)21(24,25)26/h1-12,28H,13H2. The minimum atomic E-state index is -4.41. The summed E-state index contributed by atoms with van der Waals surface area (Å²) in [6, 6.07) is 17.2. The van der Waals surface area contributed by atoms with Gasteiger partial charge >= 0.3 is 6.18 Å². The van der Waals surface area contributed by atoms with Crippen LogP contribution in [-0.2, 0) is 12.8 Å². The van der Waals surface area contributed by atoms with E-state index in [1.807, 2.05) is 6.07 Å². The molecule has 0 unspecified atom stereocenters. The summed E-state index contributed by atoms with van der Waals surface area (Å²) >= 11 is 11.9. The van der Waals surface area contributed by atoms with Crippen LogP contribution in [0.15, 0.2) is 71.8 Å². The summed E-state index contributed by atoms with van der Waals surface area (Å²) in [6.07, 6.45) is -2.93. The topological polar surface area (TPSA) is 33.6 Å². The van der Waals surface area contributed by atoms with Crippen molar-refractivity contribution in [2.75, 3.05) is 5.43 Å². The summed E-state index contributed by atoms with van der Waals surface area (Å²) in [5, 5.41) is 4.92. The highest BCUT2D eigenvalue weighted by Gasteiger charge is 2.30. The zero-order valence-electron chi connectivity index (χ0n) is 14.9. The highest BCUT2D eigenvalue weighted by molar-refractivity contribution is 6.42. The largest absolute Gasteiger partial charge is 0.488 e. The van der Waals surface area contributed by atoms with Gasteiger partial charge in [0.15, 0.2) is 0 Å². The molecule has 0 aromatic heterocycles. The summed E-state index contributed by atoms with van der Waals surface area (Å²) in [5.74, 6) is 0.563. The van der Waals surface area contributed by atoms with Crippen molar-refractivity contribution in [3.8, 4) is 5.75 Å². The first-order chi connectivity index (χ1) is 13.8. The predicted octanol–water partition coefficient (Wildman–Crippen LogP) is 7.04. The van der Waals surface area contributed by atoms with Gasteiger partial charge in [0.25, 0.3) is 0 Å². The lowest BCUT2D eigenvalue weighted by Gasteiger charge is -2.10. The van der Waals surface area contributed by atoms with Crippen molar-refractivity contribution in [2.24, 2.45) is 5.10 Å². The number of hydrazone groups is 1. The van der Waals surface area contributed by atoms with Gasteiger partial charge in [0.1, 0.15) is 12.4 Å². The number of halogens is 5. The van der Waals surface area contributed by atoms with E-state index in [0.717, 1.165) is 17.7 Å². The molecule has 0 fully saturated rings. The number of alkyl halides is 3. The maximum atomic E-state index is 12.8. The van der Waals surface area contributed by atoms with Crippen LogP contribution < -0.4 is 10.2 Å². The minimum Gasteiger partial charge on any atom is -0.488 e. The molecule has 0 heterocycles. The molecule has 0 aliphatic heterocycles. The van der Waals surface area contributed by atoms with Crippen LogP contribution in [0.3, 0.4) is 0 Å². The van der Waals surface area contributed by atoms with Crippen molar-refractivity contribution >= 4 is 35.1 Å². The summed E-state index contributed by atoms with van der Waals surface area (Å²) < 4.78 is 44.2. The molecular weight excluding hydrogens is 424 g/mol. The molecule has 3 rings (SSSR count). The molecule has 0 saturated heterocycles. The number of nitrogens with zero attached hydrogens (tertiary/aromatic N) is 1. The van der Waals surface area contributed by atoms with Crippen molar-refractivity contribution in [1.82, 2.24) is 0 Å². The Hall–Kier alpha value is -2.70. The maximum absolute atomic E-state index is 12.8. The Kier molecular flexibility index (Phi) is 6.67. The van der Waals surface area contributed by atoms with Crippen LogP contribution in [0, 0.1) is 0 Å². The molecule has 0 aliphatic carbocycles. The Morgan fingerprint density at radius 2 is 1.72 bits per heavy atom. The average Bonchev–Trinajstić information content (AvgIpc) is 2.69. The lowest BCUT2D eigenvalue weighted by atomic mass is 10.2. The molecule has 150 valence electrons. The molecular formula is C21H15Cl2F3N2O. The molecule has 3 aromatic rings. The zero-order chi connectivity index (χ0) is 20.9. The molecule has 29 heavy (non-hydrogen) atoms. The molecule has 3 aromatic carbocycles. The molecule has 3 nitrogen and oxygen atoms in total. The maximum Gasteiger partial charge on any atom is 0.416 e. The van der Waals surface area contributed by atoms with E-state index in [1.165, 1.54) is 18.3 Å². The second-order valence-corrected chi connectivity index (χ2v) is 6.84. The van der Waals surface area contributed by atoms with E-state index in [9.17, 15) is 13.2 Å². The van der Waals surface area contributed by atoms with Gasteiger partial charge in [0.2, 0.25) is 0 Å². The first-order valence-electron chi connectivity index (χ1n) is 8.45. The summed E-state index contributed by atoms with van der Waals surface area (Å²) in [6.45, 7) is 0.267. The lowest BCUT2D eigenvalue weighted by Crippen LogP contribution is -2.05. The zero-order valence-corrected chi connectivity index (χ0v) is 16.4. The molecule has 0 aliphatic rings. The van der Waals surface area contributed by atoms with Crippen LogP contribution in [0.2, 0.25) is 10.0 Å². The second-order valence-electron chi connectivity index (χ2n) is 6.02. The van der Waals surface area contributed by atoms with E-state index < -0.39 is 11.7 Å². The molecule has 8 heteroatoms. The van der Waals surface area contributed by atoms with E-state index in [-0.39, 0.29) is 12.3 Å². The Labute approximate surface area is 175 Å². The van der Waals surface area contributed by atoms with E-state index in [0.29, 0.717) is 21.4 Å². The van der Waals surface area contributed by atoms with Gasteiger partial charge < -0.3 is 4.74 Å². The smallest absolute Gasteiger partial charge is 0.416 e. The molecule has 0 radical (unpaired) electrons. The third-order valence-corrected chi connectivity index (χ3v) is 4.62. The third kappa shape index (κ3) is 5.89. The van der Waals surface area contributed by atoms with Crippen LogP contribution in [-0.4, -0.2) is 6.21 Å². The quantitative estimate of drug-likeness (QED) is 0.330. The van der Waals surface area contributed by atoms with Crippen LogP contribution in [0.1, 0.15) is 16.7 Å². The molecule has 1 N–H and O–H groups in total. The molecule has 0 saturated carbocycles.